The van der Waals surface area contributed by atoms with Crippen molar-refractivity contribution in [2.75, 3.05) is 24.7 Å². The van der Waals surface area contributed by atoms with Gasteiger partial charge in [-0.1, -0.05) is 12.1 Å². The molecule has 0 saturated heterocycles. The summed E-state index contributed by atoms with van der Waals surface area (Å²) in [6, 6.07) is 16.8. The van der Waals surface area contributed by atoms with Crippen LogP contribution in [0.1, 0.15) is 27.9 Å². The van der Waals surface area contributed by atoms with Crippen LogP contribution in [0.3, 0.4) is 0 Å². The molecule has 7 nitrogen and oxygen atoms in total. The van der Waals surface area contributed by atoms with Crippen molar-refractivity contribution in [2.45, 2.75) is 19.0 Å². The van der Waals surface area contributed by atoms with Gasteiger partial charge in [-0.25, -0.2) is 9.59 Å². The fourth-order valence-electron chi connectivity index (χ4n) is 3.22. The maximum atomic E-state index is 12.3. The molecule has 3 aromatic carbocycles. The third-order valence-electron chi connectivity index (χ3n) is 4.89. The normalized spacial score (nSPS) is 11.3. The van der Waals surface area contributed by atoms with Crippen LogP contribution < -0.4 is 20.9 Å². The van der Waals surface area contributed by atoms with Gasteiger partial charge in [0.15, 0.2) is 6.61 Å². The molecule has 4 N–H and O–H groups in total. The summed E-state index contributed by atoms with van der Waals surface area (Å²) in [4.78, 5) is 24.2. The highest BCUT2D eigenvalue weighted by Crippen LogP contribution is 2.20. The van der Waals surface area contributed by atoms with Crippen molar-refractivity contribution in [3.05, 3.63) is 89.5 Å². The van der Waals surface area contributed by atoms with E-state index in [0.29, 0.717) is 29.8 Å². The van der Waals surface area contributed by atoms with Crippen molar-refractivity contribution >= 4 is 29.4 Å². The molecule has 0 bridgehead atoms. The number of carbonyl (C=O) groups excluding carboxylic acids is 2. The van der Waals surface area contributed by atoms with Crippen LogP contribution in [0.4, 0.5) is 24.5 Å². The Kier molecular flexibility index (Phi) is 9.15. The van der Waals surface area contributed by atoms with Crippen LogP contribution in [-0.4, -0.2) is 31.3 Å². The molecule has 0 saturated carbocycles. The third-order valence-corrected chi connectivity index (χ3v) is 4.89. The van der Waals surface area contributed by atoms with E-state index in [2.05, 4.69) is 4.74 Å². The summed E-state index contributed by atoms with van der Waals surface area (Å²) < 4.78 is 51.7. The fraction of sp³-hybridized carbons (Fsp3) is 0.185. The average Bonchev–Trinajstić information content (AvgIpc) is 2.84. The van der Waals surface area contributed by atoms with E-state index in [-0.39, 0.29) is 23.7 Å². The standard InChI is InChI=1S/C27H25F3N2O5/c28-27(29,30)17-36-23-10-6-20(7-11-23)26(34)37-24-8-3-18(4-9-24)5-12-25(33)35-13-1-2-19-14-21(31)16-22(32)15-19/h3-12,14-16H,1-2,13,17,31-32H2/b12-5+. The lowest BCUT2D eigenvalue weighted by molar-refractivity contribution is -0.153. The molecule has 0 aliphatic heterocycles. The number of carbonyl (C=O) groups is 2. The van der Waals surface area contributed by atoms with Gasteiger partial charge in [0, 0.05) is 17.5 Å². The zero-order chi connectivity index (χ0) is 26.8. The lowest BCUT2D eigenvalue weighted by Crippen LogP contribution is -2.19. The molecule has 0 aliphatic rings. The Hall–Kier alpha value is -4.47. The van der Waals surface area contributed by atoms with Gasteiger partial charge in [-0.2, -0.15) is 13.2 Å². The molecule has 37 heavy (non-hydrogen) atoms. The number of hydrogen-bond donors (Lipinski definition) is 2. The minimum absolute atomic E-state index is 0.0184. The van der Waals surface area contributed by atoms with Crippen molar-refractivity contribution in [3.8, 4) is 11.5 Å². The Balaban J connectivity index is 1.42. The van der Waals surface area contributed by atoms with Gasteiger partial charge in [0.25, 0.3) is 0 Å². The van der Waals surface area contributed by atoms with Crippen LogP contribution in [0.25, 0.3) is 6.08 Å². The second-order valence-electron chi connectivity index (χ2n) is 8.00. The van der Waals surface area contributed by atoms with E-state index in [0.717, 1.165) is 5.56 Å². The smallest absolute Gasteiger partial charge is 0.422 e. The predicted molar refractivity (Wildman–Crippen MR) is 133 cm³/mol. The van der Waals surface area contributed by atoms with Crippen LogP contribution in [0.5, 0.6) is 11.5 Å². The molecule has 3 aromatic rings. The predicted octanol–water partition coefficient (Wildman–Crippen LogP) is 5.20. The third kappa shape index (κ3) is 9.60. The monoisotopic (exact) mass is 514 g/mol. The molecule has 0 aromatic heterocycles. The molecule has 0 heterocycles. The summed E-state index contributed by atoms with van der Waals surface area (Å²) in [6.45, 7) is -1.18. The van der Waals surface area contributed by atoms with Crippen molar-refractivity contribution in [1.82, 2.24) is 0 Å². The van der Waals surface area contributed by atoms with Crippen molar-refractivity contribution < 1.29 is 37.0 Å². The zero-order valence-corrected chi connectivity index (χ0v) is 19.7. The first-order valence-corrected chi connectivity index (χ1v) is 11.2. The van der Waals surface area contributed by atoms with E-state index in [1.807, 2.05) is 12.1 Å². The van der Waals surface area contributed by atoms with E-state index < -0.39 is 24.7 Å². The molecule has 0 atom stereocenters. The fourth-order valence-corrected chi connectivity index (χ4v) is 3.22. The van der Waals surface area contributed by atoms with Gasteiger partial charge in [0.05, 0.1) is 12.2 Å². The number of halogens is 3. The zero-order valence-electron chi connectivity index (χ0n) is 19.7. The molecular formula is C27H25F3N2O5. The Morgan fingerprint density at radius 2 is 1.49 bits per heavy atom. The van der Waals surface area contributed by atoms with E-state index in [1.54, 1.807) is 36.4 Å². The van der Waals surface area contributed by atoms with Gasteiger partial charge >= 0.3 is 18.1 Å². The minimum Gasteiger partial charge on any atom is -0.484 e. The van der Waals surface area contributed by atoms with Crippen LogP contribution in [0.15, 0.2) is 72.8 Å². The minimum atomic E-state index is -4.45. The molecule has 194 valence electrons. The number of ether oxygens (including phenoxy) is 3. The SMILES string of the molecule is Nc1cc(N)cc(CCCOC(=O)/C=C/c2ccc(OC(=O)c3ccc(OCC(F)(F)F)cc3)cc2)c1. The van der Waals surface area contributed by atoms with Gasteiger partial charge < -0.3 is 25.7 Å². The Bertz CT molecular complexity index is 1220. The molecule has 3 rings (SSSR count). The first-order chi connectivity index (χ1) is 17.6. The lowest BCUT2D eigenvalue weighted by Gasteiger charge is -2.09. The van der Waals surface area contributed by atoms with Gasteiger partial charge in [-0.15, -0.1) is 0 Å². The number of nitrogen functional groups attached to an aromatic ring is 2. The summed E-state index contributed by atoms with van der Waals surface area (Å²) in [7, 11) is 0. The topological polar surface area (TPSA) is 114 Å². The quantitative estimate of drug-likeness (QED) is 0.126. The maximum absolute atomic E-state index is 12.3. The van der Waals surface area contributed by atoms with E-state index >= 15 is 0 Å². The van der Waals surface area contributed by atoms with Crippen molar-refractivity contribution in [1.29, 1.82) is 0 Å². The van der Waals surface area contributed by atoms with Crippen LogP contribution in [0.2, 0.25) is 0 Å². The van der Waals surface area contributed by atoms with E-state index in [9.17, 15) is 22.8 Å². The summed E-state index contributed by atoms with van der Waals surface area (Å²) in [5, 5.41) is 0. The van der Waals surface area contributed by atoms with Gasteiger partial charge in [-0.05, 0) is 84.6 Å². The highest BCUT2D eigenvalue weighted by atomic mass is 19.4. The molecular weight excluding hydrogens is 489 g/mol. The Morgan fingerprint density at radius 3 is 2.11 bits per heavy atom. The summed E-state index contributed by atoms with van der Waals surface area (Å²) >= 11 is 0. The number of hydrogen-bond acceptors (Lipinski definition) is 7. The summed E-state index contributed by atoms with van der Waals surface area (Å²) in [6.07, 6.45) is -0.310. The number of esters is 2. The Labute approximate surface area is 211 Å². The second-order valence-corrected chi connectivity index (χ2v) is 8.00. The summed E-state index contributed by atoms with van der Waals surface area (Å²) in [5.74, 6) is -0.945. The second kappa shape index (κ2) is 12.5. The average molecular weight is 515 g/mol. The lowest BCUT2D eigenvalue weighted by atomic mass is 10.1. The highest BCUT2D eigenvalue weighted by molar-refractivity contribution is 5.91. The number of anilines is 2. The van der Waals surface area contributed by atoms with Crippen molar-refractivity contribution in [2.24, 2.45) is 0 Å². The molecule has 10 heteroatoms. The van der Waals surface area contributed by atoms with Crippen molar-refractivity contribution in [3.63, 3.8) is 0 Å². The number of nitrogens with two attached hydrogens (primary N) is 2. The largest absolute Gasteiger partial charge is 0.484 e. The molecule has 0 radical (unpaired) electrons. The Morgan fingerprint density at radius 1 is 0.865 bits per heavy atom. The number of aryl methyl sites for hydroxylation is 1. The maximum Gasteiger partial charge on any atom is 0.422 e. The van der Waals surface area contributed by atoms with Crippen LogP contribution in [0, 0.1) is 0 Å². The van der Waals surface area contributed by atoms with E-state index in [4.69, 9.17) is 20.9 Å². The molecule has 0 unspecified atom stereocenters. The van der Waals surface area contributed by atoms with Crippen LogP contribution in [-0.2, 0) is 16.0 Å². The first kappa shape index (κ1) is 27.1. The van der Waals surface area contributed by atoms with Crippen LogP contribution >= 0.6 is 0 Å². The number of rotatable bonds is 10. The number of alkyl halides is 3. The highest BCUT2D eigenvalue weighted by Gasteiger charge is 2.28. The van der Waals surface area contributed by atoms with Gasteiger partial charge in [0.1, 0.15) is 11.5 Å². The summed E-state index contributed by atoms with van der Waals surface area (Å²) in [5.41, 5.74) is 14.5. The van der Waals surface area contributed by atoms with Gasteiger partial charge in [0.2, 0.25) is 0 Å². The van der Waals surface area contributed by atoms with E-state index in [1.165, 1.54) is 30.3 Å². The molecule has 0 spiro atoms. The number of benzene rings is 3. The molecule has 0 amide bonds. The molecule has 0 aliphatic carbocycles. The molecule has 0 fully saturated rings. The van der Waals surface area contributed by atoms with Gasteiger partial charge in [-0.3, -0.25) is 0 Å². The first-order valence-electron chi connectivity index (χ1n) is 11.2.